The molecule has 1 saturated carbocycles. The van der Waals surface area contributed by atoms with Crippen molar-refractivity contribution in [2.75, 3.05) is 7.05 Å². The Bertz CT molecular complexity index is 518. The van der Waals surface area contributed by atoms with E-state index in [1.54, 1.807) is 7.05 Å². The smallest absolute Gasteiger partial charge is 0.191 e. The molecule has 4 nitrogen and oxygen atoms in total. The number of halogens is 1. The molecule has 5 heteroatoms. The summed E-state index contributed by atoms with van der Waals surface area (Å²) in [6, 6.07) is 10.3. The van der Waals surface area contributed by atoms with Crippen LogP contribution < -0.4 is 10.6 Å². The third kappa shape index (κ3) is 5.84. The maximum atomic E-state index is 8.79. The Morgan fingerprint density at radius 1 is 1.32 bits per heavy atom. The summed E-state index contributed by atoms with van der Waals surface area (Å²) in [7, 11) is 1.81. The Morgan fingerprint density at radius 2 is 2.05 bits per heavy atom. The van der Waals surface area contributed by atoms with E-state index >= 15 is 0 Å². The third-order valence-electron chi connectivity index (χ3n) is 4.04. The van der Waals surface area contributed by atoms with Crippen LogP contribution in [0, 0.1) is 17.2 Å². The van der Waals surface area contributed by atoms with Crippen LogP contribution in [0.1, 0.15) is 43.7 Å². The number of nitrogens with zero attached hydrogens (tertiary/aromatic N) is 2. The molecule has 2 unspecified atom stereocenters. The molecule has 0 saturated heterocycles. The predicted molar refractivity (Wildman–Crippen MR) is 101 cm³/mol. The molecule has 120 valence electrons. The van der Waals surface area contributed by atoms with Crippen molar-refractivity contribution in [1.82, 2.24) is 10.6 Å². The van der Waals surface area contributed by atoms with Crippen molar-refractivity contribution >= 4 is 29.9 Å². The van der Waals surface area contributed by atoms with E-state index in [0.29, 0.717) is 18.2 Å². The van der Waals surface area contributed by atoms with Crippen LogP contribution in [0.25, 0.3) is 0 Å². The van der Waals surface area contributed by atoms with E-state index in [1.165, 1.54) is 25.7 Å². The second-order valence-corrected chi connectivity index (χ2v) is 5.85. The predicted octanol–water partition coefficient (Wildman–Crippen LogP) is 3.42. The van der Waals surface area contributed by atoms with Gasteiger partial charge in [0.1, 0.15) is 0 Å². The van der Waals surface area contributed by atoms with Gasteiger partial charge in [0, 0.05) is 19.6 Å². The van der Waals surface area contributed by atoms with Crippen LogP contribution in [0.15, 0.2) is 29.3 Å². The van der Waals surface area contributed by atoms with Gasteiger partial charge in [-0.3, -0.25) is 4.99 Å². The number of aliphatic imine (C=N–C) groups is 1. The minimum absolute atomic E-state index is 0. The highest BCUT2D eigenvalue weighted by Crippen LogP contribution is 2.23. The summed E-state index contributed by atoms with van der Waals surface area (Å²) in [6.07, 6.45) is 5.08. The highest BCUT2D eigenvalue weighted by Gasteiger charge is 2.19. The van der Waals surface area contributed by atoms with Crippen LogP contribution >= 0.6 is 24.0 Å². The molecule has 0 bridgehead atoms. The first-order chi connectivity index (χ1) is 10.2. The number of benzene rings is 1. The number of rotatable bonds is 3. The van der Waals surface area contributed by atoms with E-state index in [2.05, 4.69) is 28.6 Å². The Morgan fingerprint density at radius 3 is 2.64 bits per heavy atom. The lowest BCUT2D eigenvalue weighted by atomic mass is 9.87. The van der Waals surface area contributed by atoms with E-state index < -0.39 is 0 Å². The average Bonchev–Trinajstić information content (AvgIpc) is 2.52. The molecule has 2 atom stereocenters. The molecule has 0 spiro atoms. The van der Waals surface area contributed by atoms with Crippen LogP contribution in [-0.4, -0.2) is 19.0 Å². The number of nitrogens with one attached hydrogen (secondary N) is 2. The highest BCUT2D eigenvalue weighted by molar-refractivity contribution is 14.0. The molecule has 2 rings (SSSR count). The first-order valence-electron chi connectivity index (χ1n) is 7.67. The van der Waals surface area contributed by atoms with Gasteiger partial charge in [0.15, 0.2) is 5.96 Å². The summed E-state index contributed by atoms with van der Waals surface area (Å²) >= 11 is 0. The first kappa shape index (κ1) is 18.8. The van der Waals surface area contributed by atoms with E-state index in [-0.39, 0.29) is 24.0 Å². The van der Waals surface area contributed by atoms with E-state index in [0.717, 1.165) is 17.4 Å². The number of hydrogen-bond acceptors (Lipinski definition) is 2. The molecule has 1 aliphatic rings. The van der Waals surface area contributed by atoms with Crippen molar-refractivity contribution in [2.24, 2.45) is 10.9 Å². The van der Waals surface area contributed by atoms with Gasteiger partial charge in [0.2, 0.25) is 0 Å². The molecule has 22 heavy (non-hydrogen) atoms. The van der Waals surface area contributed by atoms with Crippen molar-refractivity contribution in [1.29, 1.82) is 5.26 Å². The van der Waals surface area contributed by atoms with Gasteiger partial charge < -0.3 is 10.6 Å². The van der Waals surface area contributed by atoms with Crippen LogP contribution in [0.4, 0.5) is 0 Å². The summed E-state index contributed by atoms with van der Waals surface area (Å²) < 4.78 is 0. The summed E-state index contributed by atoms with van der Waals surface area (Å²) in [5.74, 6) is 1.66. The molecule has 0 radical (unpaired) electrons. The van der Waals surface area contributed by atoms with Gasteiger partial charge in [-0.1, -0.05) is 31.9 Å². The zero-order chi connectivity index (χ0) is 15.1. The molecular weight excluding hydrogens is 387 g/mol. The highest BCUT2D eigenvalue weighted by atomic mass is 127. The fourth-order valence-electron chi connectivity index (χ4n) is 2.84. The van der Waals surface area contributed by atoms with Crippen LogP contribution in [0.2, 0.25) is 0 Å². The number of hydrogen-bond donors (Lipinski definition) is 2. The minimum atomic E-state index is 0. The second-order valence-electron chi connectivity index (χ2n) is 5.85. The normalized spacial score (nSPS) is 21.4. The molecule has 1 aliphatic carbocycles. The summed E-state index contributed by atoms with van der Waals surface area (Å²) in [5, 5.41) is 15.7. The van der Waals surface area contributed by atoms with Crippen molar-refractivity contribution in [3.63, 3.8) is 0 Å². The van der Waals surface area contributed by atoms with Crippen LogP contribution in [0.5, 0.6) is 0 Å². The Kier molecular flexibility index (Phi) is 8.25. The molecule has 1 fully saturated rings. The Hall–Kier alpha value is -1.29. The topological polar surface area (TPSA) is 60.2 Å². The van der Waals surface area contributed by atoms with Gasteiger partial charge in [0.25, 0.3) is 0 Å². The van der Waals surface area contributed by atoms with Crippen molar-refractivity contribution in [3.8, 4) is 6.07 Å². The quantitative estimate of drug-likeness (QED) is 0.455. The average molecular weight is 412 g/mol. The third-order valence-corrected chi connectivity index (χ3v) is 4.04. The minimum Gasteiger partial charge on any atom is -0.354 e. The fraction of sp³-hybridized carbons (Fsp3) is 0.529. The van der Waals surface area contributed by atoms with Gasteiger partial charge in [-0.15, -0.1) is 24.0 Å². The van der Waals surface area contributed by atoms with Crippen molar-refractivity contribution in [3.05, 3.63) is 35.4 Å². The van der Waals surface area contributed by atoms with Gasteiger partial charge in [-0.05, 0) is 36.5 Å². The standard InChI is InChI=1S/C17H24N4.HI/c1-13-4-3-5-16(10-13)21-17(19-2)20-12-15-8-6-14(11-18)7-9-15;/h6-9,13,16H,3-5,10,12H2,1-2H3,(H2,19,20,21);1H. The lowest BCUT2D eigenvalue weighted by Crippen LogP contribution is -2.44. The van der Waals surface area contributed by atoms with E-state index in [9.17, 15) is 0 Å². The molecule has 0 heterocycles. The summed E-state index contributed by atoms with van der Waals surface area (Å²) in [6.45, 7) is 3.04. The molecule has 1 aromatic carbocycles. The van der Waals surface area contributed by atoms with Crippen LogP contribution in [-0.2, 0) is 6.54 Å². The van der Waals surface area contributed by atoms with Gasteiger partial charge >= 0.3 is 0 Å². The van der Waals surface area contributed by atoms with Crippen molar-refractivity contribution in [2.45, 2.75) is 45.2 Å². The summed E-state index contributed by atoms with van der Waals surface area (Å²) in [5.41, 5.74) is 1.84. The molecular formula is C17H25IN4. The first-order valence-corrected chi connectivity index (χ1v) is 7.67. The zero-order valence-corrected chi connectivity index (χ0v) is 15.6. The van der Waals surface area contributed by atoms with Crippen LogP contribution in [0.3, 0.4) is 0 Å². The Labute approximate surface area is 150 Å². The molecule has 2 N–H and O–H groups in total. The van der Waals surface area contributed by atoms with E-state index in [1.807, 2.05) is 24.3 Å². The van der Waals surface area contributed by atoms with Gasteiger partial charge in [-0.25, -0.2) is 0 Å². The molecule has 1 aromatic rings. The molecule has 0 aromatic heterocycles. The molecule has 0 amide bonds. The second kappa shape index (κ2) is 9.67. The fourth-order valence-corrected chi connectivity index (χ4v) is 2.84. The molecule has 0 aliphatic heterocycles. The number of guanidine groups is 1. The Balaban J connectivity index is 0.00000242. The summed E-state index contributed by atoms with van der Waals surface area (Å²) in [4.78, 5) is 4.30. The van der Waals surface area contributed by atoms with Gasteiger partial charge in [0.05, 0.1) is 11.6 Å². The largest absolute Gasteiger partial charge is 0.354 e. The monoisotopic (exact) mass is 412 g/mol. The SMILES string of the molecule is CN=C(NCc1ccc(C#N)cc1)NC1CCCC(C)C1.I. The van der Waals surface area contributed by atoms with Gasteiger partial charge in [-0.2, -0.15) is 5.26 Å². The van der Waals surface area contributed by atoms with Crippen molar-refractivity contribution < 1.29 is 0 Å². The zero-order valence-electron chi connectivity index (χ0n) is 13.3. The maximum absolute atomic E-state index is 8.79. The number of nitriles is 1. The lowest BCUT2D eigenvalue weighted by molar-refractivity contribution is 0.324. The lowest BCUT2D eigenvalue weighted by Gasteiger charge is -2.28. The maximum Gasteiger partial charge on any atom is 0.191 e. The van der Waals surface area contributed by atoms with E-state index in [4.69, 9.17) is 5.26 Å².